The number of halogens is 1. The molecule has 0 aliphatic heterocycles. The molecule has 0 saturated heterocycles. The maximum absolute atomic E-state index is 12.1. The van der Waals surface area contributed by atoms with Crippen LogP contribution in [0.5, 0.6) is 0 Å². The summed E-state index contributed by atoms with van der Waals surface area (Å²) in [5.41, 5.74) is -1.15. The van der Waals surface area contributed by atoms with Crippen molar-refractivity contribution in [2.24, 2.45) is 5.41 Å². The Balaban J connectivity index is 3.68. The number of carbonyl (C=O) groups is 2. The highest BCUT2D eigenvalue weighted by Gasteiger charge is 2.43. The lowest BCUT2D eigenvalue weighted by atomic mass is 9.84. The second-order valence-corrected chi connectivity index (χ2v) is 6.72. The molecule has 4 heteroatoms. The molecule has 0 radical (unpaired) electrons. The molecule has 136 valence electrons. The molecule has 0 atom stereocenters. The van der Waals surface area contributed by atoms with Crippen molar-refractivity contribution in [3.63, 3.8) is 0 Å². The van der Waals surface area contributed by atoms with E-state index in [9.17, 15) is 9.59 Å². The monoisotopic (exact) mass is 346 g/mol. The van der Waals surface area contributed by atoms with Crippen molar-refractivity contribution >= 4 is 22.8 Å². The van der Waals surface area contributed by atoms with Crippen LogP contribution in [0.3, 0.4) is 0 Å². The van der Waals surface area contributed by atoms with Gasteiger partial charge >= 0.3 is 5.97 Å². The van der Waals surface area contributed by atoms with Crippen LogP contribution in [0.4, 0.5) is 0 Å². The molecule has 0 rings (SSSR count). The molecule has 0 aromatic carbocycles. The van der Waals surface area contributed by atoms with E-state index < -0.39 is 16.6 Å². The van der Waals surface area contributed by atoms with Crippen LogP contribution in [-0.4, -0.2) is 17.8 Å². The summed E-state index contributed by atoms with van der Waals surface area (Å²) in [5, 5.41) is -0.601. The molecular formula is C19H35ClO3. The van der Waals surface area contributed by atoms with Gasteiger partial charge in [0.2, 0.25) is 5.24 Å². The fraction of sp³-hybridized carbons (Fsp3) is 0.895. The summed E-state index contributed by atoms with van der Waals surface area (Å²) in [6.45, 7) is 6.22. The molecule has 0 spiro atoms. The van der Waals surface area contributed by atoms with Crippen LogP contribution in [0.15, 0.2) is 0 Å². The smallest absolute Gasteiger partial charge is 0.320 e. The van der Waals surface area contributed by atoms with Gasteiger partial charge in [-0.15, -0.1) is 0 Å². The number of carbonyl (C=O) groups excluding carboxylic acids is 2. The predicted octanol–water partition coefficient (Wildman–Crippen LogP) is 6.02. The van der Waals surface area contributed by atoms with Gasteiger partial charge in [0.15, 0.2) is 0 Å². The third kappa shape index (κ3) is 8.74. The summed E-state index contributed by atoms with van der Waals surface area (Å²) in [6, 6.07) is 0. The van der Waals surface area contributed by atoms with Gasteiger partial charge in [-0.2, -0.15) is 0 Å². The van der Waals surface area contributed by atoms with E-state index in [1.54, 1.807) is 13.8 Å². The average molecular weight is 347 g/mol. The Labute approximate surface area is 147 Å². The maximum Gasteiger partial charge on any atom is 0.320 e. The Morgan fingerprint density at radius 2 is 1.22 bits per heavy atom. The van der Waals surface area contributed by atoms with Crippen LogP contribution in [0, 0.1) is 5.41 Å². The molecule has 0 aromatic heterocycles. The third-order valence-electron chi connectivity index (χ3n) is 4.71. The first-order valence-electron chi connectivity index (χ1n) is 9.42. The summed E-state index contributed by atoms with van der Waals surface area (Å²) >= 11 is 5.60. The second kappa shape index (κ2) is 13.8. The number of unbranched alkanes of at least 4 members (excludes halogenated alkanes) is 9. The first kappa shape index (κ1) is 22.4. The molecule has 0 fully saturated rings. The summed E-state index contributed by atoms with van der Waals surface area (Å²) in [6.07, 6.45) is 13.2. The van der Waals surface area contributed by atoms with Gasteiger partial charge < -0.3 is 4.74 Å². The molecule has 0 unspecified atom stereocenters. The van der Waals surface area contributed by atoms with E-state index in [4.69, 9.17) is 16.3 Å². The molecular weight excluding hydrogens is 312 g/mol. The minimum atomic E-state index is -1.15. The molecule has 0 aliphatic rings. The van der Waals surface area contributed by atoms with Crippen molar-refractivity contribution in [3.05, 3.63) is 0 Å². The zero-order valence-corrected chi connectivity index (χ0v) is 16.1. The van der Waals surface area contributed by atoms with Gasteiger partial charge in [-0.05, 0) is 30.9 Å². The number of ether oxygens (including phenoxy) is 1. The average Bonchev–Trinajstić information content (AvgIpc) is 2.54. The van der Waals surface area contributed by atoms with Gasteiger partial charge in [-0.25, -0.2) is 0 Å². The first-order chi connectivity index (χ1) is 11.0. The van der Waals surface area contributed by atoms with Crippen LogP contribution in [0.2, 0.25) is 0 Å². The lowest BCUT2D eigenvalue weighted by Crippen LogP contribution is -2.37. The van der Waals surface area contributed by atoms with E-state index in [2.05, 4.69) is 6.92 Å². The molecule has 0 N–H and O–H groups in total. The number of hydrogen-bond donors (Lipinski definition) is 0. The molecule has 0 bridgehead atoms. The number of hydrogen-bond acceptors (Lipinski definition) is 3. The molecule has 23 heavy (non-hydrogen) atoms. The van der Waals surface area contributed by atoms with Crippen molar-refractivity contribution in [2.75, 3.05) is 6.61 Å². The quantitative estimate of drug-likeness (QED) is 0.157. The molecule has 0 amide bonds. The summed E-state index contributed by atoms with van der Waals surface area (Å²) < 4.78 is 5.28. The Bertz CT molecular complexity index is 325. The van der Waals surface area contributed by atoms with E-state index in [-0.39, 0.29) is 0 Å². The fourth-order valence-corrected chi connectivity index (χ4v) is 3.13. The number of esters is 1. The zero-order chi connectivity index (χ0) is 17.6. The van der Waals surface area contributed by atoms with E-state index in [1.807, 2.05) is 0 Å². The highest BCUT2D eigenvalue weighted by molar-refractivity contribution is 6.66. The lowest BCUT2D eigenvalue weighted by molar-refractivity contribution is -0.159. The maximum atomic E-state index is 12.1. The van der Waals surface area contributed by atoms with Crippen molar-refractivity contribution < 1.29 is 14.3 Å². The van der Waals surface area contributed by atoms with E-state index in [0.29, 0.717) is 19.4 Å². The SMILES string of the molecule is CCCCCCCCCCCCOC(=O)C(CC)(CC)C(=O)Cl. The Hall–Kier alpha value is -0.570. The highest BCUT2D eigenvalue weighted by atomic mass is 35.5. The first-order valence-corrected chi connectivity index (χ1v) is 9.80. The van der Waals surface area contributed by atoms with E-state index in [1.165, 1.54) is 51.4 Å². The van der Waals surface area contributed by atoms with Crippen LogP contribution < -0.4 is 0 Å². The predicted molar refractivity (Wildman–Crippen MR) is 96.7 cm³/mol. The van der Waals surface area contributed by atoms with Crippen LogP contribution in [0.1, 0.15) is 97.8 Å². The Morgan fingerprint density at radius 1 is 0.783 bits per heavy atom. The molecule has 3 nitrogen and oxygen atoms in total. The third-order valence-corrected chi connectivity index (χ3v) is 5.07. The highest BCUT2D eigenvalue weighted by Crippen LogP contribution is 2.31. The van der Waals surface area contributed by atoms with Gasteiger partial charge in [-0.1, -0.05) is 78.6 Å². The molecule has 0 saturated carbocycles. The summed E-state index contributed by atoms with van der Waals surface area (Å²) in [4.78, 5) is 23.6. The molecule has 0 aliphatic carbocycles. The van der Waals surface area contributed by atoms with Crippen molar-refractivity contribution in [1.82, 2.24) is 0 Å². The van der Waals surface area contributed by atoms with Crippen molar-refractivity contribution in [2.45, 2.75) is 97.8 Å². The van der Waals surface area contributed by atoms with Gasteiger partial charge in [0, 0.05) is 0 Å². The van der Waals surface area contributed by atoms with Crippen molar-refractivity contribution in [3.8, 4) is 0 Å². The van der Waals surface area contributed by atoms with Gasteiger partial charge in [0.1, 0.15) is 5.41 Å². The molecule has 0 heterocycles. The van der Waals surface area contributed by atoms with Gasteiger partial charge in [0.25, 0.3) is 0 Å². The van der Waals surface area contributed by atoms with Gasteiger partial charge in [0.05, 0.1) is 6.61 Å². The minimum Gasteiger partial charge on any atom is -0.465 e. The summed E-state index contributed by atoms with van der Waals surface area (Å²) in [7, 11) is 0. The van der Waals surface area contributed by atoms with Crippen LogP contribution in [-0.2, 0) is 14.3 Å². The fourth-order valence-electron chi connectivity index (χ4n) is 2.79. The summed E-state index contributed by atoms with van der Waals surface area (Å²) in [5.74, 6) is -0.460. The zero-order valence-electron chi connectivity index (χ0n) is 15.3. The van der Waals surface area contributed by atoms with Crippen molar-refractivity contribution in [1.29, 1.82) is 0 Å². The van der Waals surface area contributed by atoms with E-state index in [0.717, 1.165) is 12.8 Å². The minimum absolute atomic E-state index is 0.390. The molecule has 0 aromatic rings. The largest absolute Gasteiger partial charge is 0.465 e. The van der Waals surface area contributed by atoms with Crippen LogP contribution in [0.25, 0.3) is 0 Å². The lowest BCUT2D eigenvalue weighted by Gasteiger charge is -2.24. The topological polar surface area (TPSA) is 43.4 Å². The Morgan fingerprint density at radius 3 is 1.61 bits per heavy atom. The van der Waals surface area contributed by atoms with E-state index >= 15 is 0 Å². The number of rotatable bonds is 15. The normalized spacial score (nSPS) is 11.5. The van der Waals surface area contributed by atoms with Gasteiger partial charge in [-0.3, -0.25) is 9.59 Å². The standard InChI is InChI=1S/C19H35ClO3/c1-4-7-8-9-10-11-12-13-14-15-16-23-18(22)19(5-2,6-3)17(20)21/h4-16H2,1-3H3. The Kier molecular flexibility index (Phi) is 13.5. The van der Waals surface area contributed by atoms with Crippen LogP contribution >= 0.6 is 11.6 Å². The second-order valence-electron chi connectivity index (χ2n) is 6.38.